The molecule has 0 aromatic heterocycles. The first-order valence-corrected chi connectivity index (χ1v) is 12.1. The molecule has 0 bridgehead atoms. The highest BCUT2D eigenvalue weighted by molar-refractivity contribution is 6.07. The molecule has 0 unspecified atom stereocenters. The van der Waals surface area contributed by atoms with Crippen LogP contribution < -0.4 is 5.32 Å². The Morgan fingerprint density at radius 3 is 2.40 bits per heavy atom. The SMILES string of the molecule is CC(C)CN1CCC2(CC1)NC(=O)N([C@@H]1CCCN(C(=O)C3CCCCC3)C1)C2=O. The average molecular weight is 419 g/mol. The van der Waals surface area contributed by atoms with Crippen molar-refractivity contribution < 1.29 is 14.4 Å². The van der Waals surface area contributed by atoms with Crippen LogP contribution in [-0.2, 0) is 9.59 Å². The van der Waals surface area contributed by atoms with Gasteiger partial charge in [0, 0.05) is 38.6 Å². The molecule has 0 aromatic rings. The number of nitrogens with one attached hydrogen (secondary N) is 1. The van der Waals surface area contributed by atoms with Gasteiger partial charge in [-0.3, -0.25) is 14.5 Å². The van der Waals surface area contributed by atoms with E-state index in [1.165, 1.54) is 11.3 Å². The van der Waals surface area contributed by atoms with Crippen molar-refractivity contribution in [1.82, 2.24) is 20.0 Å². The van der Waals surface area contributed by atoms with E-state index in [9.17, 15) is 14.4 Å². The van der Waals surface area contributed by atoms with Gasteiger partial charge in [-0.25, -0.2) is 4.79 Å². The van der Waals surface area contributed by atoms with E-state index < -0.39 is 5.54 Å². The van der Waals surface area contributed by atoms with Crippen LogP contribution in [0.4, 0.5) is 4.79 Å². The Hall–Kier alpha value is -1.63. The zero-order valence-corrected chi connectivity index (χ0v) is 18.7. The van der Waals surface area contributed by atoms with Crippen LogP contribution in [-0.4, -0.2) is 76.8 Å². The molecule has 4 rings (SSSR count). The molecular weight excluding hydrogens is 380 g/mol. The van der Waals surface area contributed by atoms with E-state index in [-0.39, 0.29) is 29.8 Å². The Balaban J connectivity index is 1.39. The summed E-state index contributed by atoms with van der Waals surface area (Å²) in [4.78, 5) is 45.1. The number of imide groups is 1. The van der Waals surface area contributed by atoms with E-state index in [1.54, 1.807) is 0 Å². The average Bonchev–Trinajstić information content (AvgIpc) is 2.99. The summed E-state index contributed by atoms with van der Waals surface area (Å²) >= 11 is 0. The predicted octanol–water partition coefficient (Wildman–Crippen LogP) is 2.60. The summed E-state index contributed by atoms with van der Waals surface area (Å²) < 4.78 is 0. The van der Waals surface area contributed by atoms with Crippen molar-refractivity contribution in [3.05, 3.63) is 0 Å². The minimum atomic E-state index is -0.736. The van der Waals surface area contributed by atoms with Gasteiger partial charge in [0.05, 0.1) is 6.04 Å². The molecule has 1 N–H and O–H groups in total. The quantitative estimate of drug-likeness (QED) is 0.713. The standard InChI is InChI=1S/C23H38N4O3/c1-17(2)15-25-13-10-23(11-14-25)21(29)27(22(30)24-23)19-9-6-12-26(16-19)20(28)18-7-4-3-5-8-18/h17-19H,3-16H2,1-2H3,(H,24,30)/t19-/m1/s1. The molecule has 4 aliphatic rings. The Morgan fingerprint density at radius 2 is 1.73 bits per heavy atom. The molecule has 7 heteroatoms. The van der Waals surface area contributed by atoms with Crippen LogP contribution >= 0.6 is 0 Å². The van der Waals surface area contributed by atoms with Gasteiger partial charge in [0.2, 0.25) is 5.91 Å². The minimum absolute atomic E-state index is 0.0614. The first kappa shape index (κ1) is 21.6. The van der Waals surface area contributed by atoms with Gasteiger partial charge in [-0.15, -0.1) is 0 Å². The number of rotatable bonds is 4. The molecule has 0 radical (unpaired) electrons. The number of hydrogen-bond donors (Lipinski definition) is 1. The molecule has 3 saturated heterocycles. The smallest absolute Gasteiger partial charge is 0.325 e. The van der Waals surface area contributed by atoms with Crippen LogP contribution in [0.25, 0.3) is 0 Å². The lowest BCUT2D eigenvalue weighted by molar-refractivity contribution is -0.142. The Bertz CT molecular complexity index is 665. The summed E-state index contributed by atoms with van der Waals surface area (Å²) in [5.74, 6) is 0.911. The fourth-order valence-corrected chi connectivity index (χ4v) is 5.92. The van der Waals surface area contributed by atoms with Crippen LogP contribution in [0.2, 0.25) is 0 Å². The molecule has 1 aliphatic carbocycles. The summed E-state index contributed by atoms with van der Waals surface area (Å²) in [5.41, 5.74) is -0.736. The zero-order chi connectivity index (χ0) is 21.3. The van der Waals surface area contributed by atoms with Crippen LogP contribution in [0.1, 0.15) is 71.6 Å². The van der Waals surface area contributed by atoms with Crippen molar-refractivity contribution in [3.8, 4) is 0 Å². The normalized spacial score (nSPS) is 28.4. The monoisotopic (exact) mass is 418 g/mol. The molecule has 30 heavy (non-hydrogen) atoms. The van der Waals surface area contributed by atoms with Crippen molar-refractivity contribution in [1.29, 1.82) is 0 Å². The van der Waals surface area contributed by atoms with Crippen LogP contribution in [0.3, 0.4) is 0 Å². The molecule has 7 nitrogen and oxygen atoms in total. The molecule has 168 valence electrons. The number of carbonyl (C=O) groups is 3. The van der Waals surface area contributed by atoms with Crippen molar-refractivity contribution in [2.45, 2.75) is 83.2 Å². The molecule has 4 amide bonds. The van der Waals surface area contributed by atoms with Gasteiger partial charge in [-0.05, 0) is 44.4 Å². The van der Waals surface area contributed by atoms with E-state index in [2.05, 4.69) is 24.1 Å². The first-order chi connectivity index (χ1) is 14.4. The van der Waals surface area contributed by atoms with Gasteiger partial charge in [0.1, 0.15) is 5.54 Å². The highest BCUT2D eigenvalue weighted by Gasteiger charge is 2.54. The van der Waals surface area contributed by atoms with Gasteiger partial charge in [-0.1, -0.05) is 33.1 Å². The van der Waals surface area contributed by atoms with Gasteiger partial charge in [0.25, 0.3) is 5.91 Å². The van der Waals surface area contributed by atoms with Gasteiger partial charge >= 0.3 is 6.03 Å². The molecule has 1 atom stereocenters. The molecular formula is C23H38N4O3. The lowest BCUT2D eigenvalue weighted by Crippen LogP contribution is -2.57. The van der Waals surface area contributed by atoms with E-state index in [1.807, 2.05) is 4.90 Å². The lowest BCUT2D eigenvalue weighted by atomic mass is 9.86. The zero-order valence-electron chi connectivity index (χ0n) is 18.7. The van der Waals surface area contributed by atoms with Crippen LogP contribution in [0.5, 0.6) is 0 Å². The minimum Gasteiger partial charge on any atom is -0.340 e. The molecule has 3 aliphatic heterocycles. The Morgan fingerprint density at radius 1 is 1.03 bits per heavy atom. The number of carbonyl (C=O) groups excluding carboxylic acids is 3. The second-order valence-electron chi connectivity index (χ2n) is 10.3. The van der Waals surface area contributed by atoms with Crippen molar-refractivity contribution in [3.63, 3.8) is 0 Å². The summed E-state index contributed by atoms with van der Waals surface area (Å²) in [5, 5.41) is 3.06. The fourth-order valence-electron chi connectivity index (χ4n) is 5.92. The van der Waals surface area contributed by atoms with Crippen LogP contribution in [0, 0.1) is 11.8 Å². The van der Waals surface area contributed by atoms with Crippen molar-refractivity contribution >= 4 is 17.8 Å². The second kappa shape index (κ2) is 8.85. The molecule has 0 aromatic carbocycles. The van der Waals surface area contributed by atoms with E-state index in [0.717, 1.165) is 64.7 Å². The first-order valence-electron chi connectivity index (χ1n) is 12.1. The number of amides is 4. The Kier molecular flexibility index (Phi) is 6.37. The maximum Gasteiger partial charge on any atom is 0.325 e. The third-order valence-corrected chi connectivity index (χ3v) is 7.55. The van der Waals surface area contributed by atoms with Crippen molar-refractivity contribution in [2.75, 3.05) is 32.7 Å². The lowest BCUT2D eigenvalue weighted by Gasteiger charge is -2.40. The number of hydrogen-bond acceptors (Lipinski definition) is 4. The van der Waals surface area contributed by atoms with Gasteiger partial charge in [0.15, 0.2) is 0 Å². The van der Waals surface area contributed by atoms with E-state index in [4.69, 9.17) is 0 Å². The highest BCUT2D eigenvalue weighted by atomic mass is 16.2. The molecule has 4 fully saturated rings. The van der Waals surface area contributed by atoms with Gasteiger partial charge in [-0.2, -0.15) is 0 Å². The van der Waals surface area contributed by atoms with Gasteiger partial charge < -0.3 is 15.1 Å². The summed E-state index contributed by atoms with van der Waals surface area (Å²) in [6.07, 6.45) is 8.48. The maximum absolute atomic E-state index is 13.4. The van der Waals surface area contributed by atoms with Crippen LogP contribution in [0.15, 0.2) is 0 Å². The maximum atomic E-state index is 13.4. The number of urea groups is 1. The second-order valence-corrected chi connectivity index (χ2v) is 10.3. The molecule has 1 saturated carbocycles. The highest BCUT2D eigenvalue weighted by Crippen LogP contribution is 2.33. The molecule has 3 heterocycles. The third kappa shape index (κ3) is 4.23. The topological polar surface area (TPSA) is 73.0 Å². The third-order valence-electron chi connectivity index (χ3n) is 7.55. The largest absolute Gasteiger partial charge is 0.340 e. The fraction of sp³-hybridized carbons (Fsp3) is 0.870. The number of piperidine rings is 2. The number of likely N-dealkylation sites (tertiary alicyclic amines) is 2. The number of nitrogens with zero attached hydrogens (tertiary/aromatic N) is 3. The summed E-state index contributed by atoms with van der Waals surface area (Å²) in [7, 11) is 0. The summed E-state index contributed by atoms with van der Waals surface area (Å²) in [6, 6.07) is -0.443. The van der Waals surface area contributed by atoms with Crippen molar-refractivity contribution in [2.24, 2.45) is 11.8 Å². The predicted molar refractivity (Wildman–Crippen MR) is 115 cm³/mol. The molecule has 1 spiro atoms. The van der Waals surface area contributed by atoms with E-state index >= 15 is 0 Å². The van der Waals surface area contributed by atoms with E-state index in [0.29, 0.717) is 25.3 Å². The Labute approximate surface area is 180 Å². The summed E-state index contributed by atoms with van der Waals surface area (Å²) in [6.45, 7) is 8.39.